The standard InChI is InChI=1S/C24H28N7O8P/c1-3-17(22(33)36-4-2)29-30-40(35)38-16-7-5-15(6-8-16)37-13-23(34)11-20(32)24(12-25,39-23)19-10-9-18-21(26)27-14-28-31(18)19/h5-10,14,17,20,29,32,34H,3-4,11,13H2,1-2H3,(H2,26,27,28). The molecule has 1 aliphatic rings. The van der Waals surface area contributed by atoms with Crippen LogP contribution in [0.25, 0.3) is 5.52 Å². The van der Waals surface area contributed by atoms with Gasteiger partial charge in [0.2, 0.25) is 11.4 Å². The number of hydrogen-bond acceptors (Lipinski definition) is 13. The van der Waals surface area contributed by atoms with Crippen molar-refractivity contribution in [3.8, 4) is 17.6 Å². The minimum Gasteiger partial charge on any atom is -0.574 e. The van der Waals surface area contributed by atoms with Gasteiger partial charge >= 0.3 is 14.1 Å². The number of aromatic nitrogens is 3. The summed E-state index contributed by atoms with van der Waals surface area (Å²) in [5, 5.41) is 35.9. The third-order valence-electron chi connectivity index (χ3n) is 6.11. The van der Waals surface area contributed by atoms with Crippen molar-refractivity contribution < 1.29 is 38.6 Å². The van der Waals surface area contributed by atoms with Gasteiger partial charge in [0, 0.05) is 11.3 Å². The van der Waals surface area contributed by atoms with Crippen molar-refractivity contribution in [2.24, 2.45) is 4.85 Å². The zero-order chi connectivity index (χ0) is 28.9. The van der Waals surface area contributed by atoms with Crippen molar-refractivity contribution >= 4 is 25.5 Å². The number of nitrogens with one attached hydrogen (secondary N) is 1. The van der Waals surface area contributed by atoms with Crippen molar-refractivity contribution in [1.29, 1.82) is 5.26 Å². The number of nitrogen functional groups attached to an aromatic ring is 1. The third kappa shape index (κ3) is 5.97. The molecule has 0 spiro atoms. The number of rotatable bonds is 11. The number of nitrogens with two attached hydrogens (primary N) is 1. The number of carbonyl (C=O) groups is 1. The van der Waals surface area contributed by atoms with Gasteiger partial charge in [0.1, 0.15) is 42.4 Å². The predicted molar refractivity (Wildman–Crippen MR) is 137 cm³/mol. The number of ether oxygens (including phenoxy) is 3. The molecule has 3 aromatic rings. The lowest BCUT2D eigenvalue weighted by Crippen LogP contribution is -2.40. The molecule has 0 bridgehead atoms. The van der Waals surface area contributed by atoms with Crippen LogP contribution in [0.2, 0.25) is 0 Å². The molecule has 15 nitrogen and oxygen atoms in total. The van der Waals surface area contributed by atoms with Crippen molar-refractivity contribution in [1.82, 2.24) is 20.0 Å². The molecule has 1 aromatic carbocycles. The van der Waals surface area contributed by atoms with Crippen molar-refractivity contribution in [3.63, 3.8) is 0 Å². The van der Waals surface area contributed by atoms with Crippen molar-refractivity contribution in [3.05, 3.63) is 48.4 Å². The van der Waals surface area contributed by atoms with E-state index in [0.29, 0.717) is 17.7 Å². The highest BCUT2D eigenvalue weighted by Gasteiger charge is 2.58. The molecule has 0 aliphatic carbocycles. The van der Waals surface area contributed by atoms with Crippen molar-refractivity contribution in [2.75, 3.05) is 18.9 Å². The van der Waals surface area contributed by atoms with E-state index < -0.39 is 44.3 Å². The van der Waals surface area contributed by atoms with E-state index in [9.17, 15) is 25.2 Å². The highest BCUT2D eigenvalue weighted by molar-refractivity contribution is 7.33. The van der Waals surface area contributed by atoms with E-state index >= 15 is 0 Å². The Balaban J connectivity index is 1.38. The van der Waals surface area contributed by atoms with Gasteiger partial charge in [0.05, 0.1) is 12.3 Å². The molecule has 5 atom stereocenters. The minimum absolute atomic E-state index is 0.171. The van der Waals surface area contributed by atoms with Crippen LogP contribution >= 0.6 is 8.17 Å². The summed E-state index contributed by atoms with van der Waals surface area (Å²) in [6.45, 7) is 3.22. The Hall–Kier alpha value is -3.90. The number of carbonyl (C=O) groups excluding carboxylic acids is 1. The number of aliphatic hydroxyl groups excluding tert-OH is 1. The Morgan fingerprint density at radius 2 is 2.10 bits per heavy atom. The average molecular weight is 574 g/mol. The molecule has 0 radical (unpaired) electrons. The third-order valence-corrected chi connectivity index (χ3v) is 6.75. The zero-order valence-corrected chi connectivity index (χ0v) is 22.5. The second-order valence-electron chi connectivity index (χ2n) is 8.81. The maximum atomic E-state index is 12.2. The molecule has 1 saturated heterocycles. The van der Waals surface area contributed by atoms with Crippen LogP contribution in [0.1, 0.15) is 32.4 Å². The fourth-order valence-corrected chi connectivity index (χ4v) is 4.71. The number of nitrogens with zero attached hydrogens (tertiary/aromatic N) is 5. The Morgan fingerprint density at radius 3 is 2.77 bits per heavy atom. The Morgan fingerprint density at radius 1 is 1.38 bits per heavy atom. The lowest BCUT2D eigenvalue weighted by atomic mass is 9.94. The molecule has 16 heteroatoms. The maximum absolute atomic E-state index is 12.2. The van der Waals surface area contributed by atoms with Gasteiger partial charge in [-0.1, -0.05) is 6.92 Å². The van der Waals surface area contributed by atoms with Crippen LogP contribution in [0.15, 0.2) is 47.6 Å². The van der Waals surface area contributed by atoms with Gasteiger partial charge in [-0.25, -0.2) is 9.50 Å². The first-order chi connectivity index (χ1) is 19.1. The van der Waals surface area contributed by atoms with E-state index in [2.05, 4.69) is 20.4 Å². The van der Waals surface area contributed by atoms with Gasteiger partial charge in [0.15, 0.2) is 11.6 Å². The first-order valence-electron chi connectivity index (χ1n) is 12.3. The average Bonchev–Trinajstić information content (AvgIpc) is 3.48. The van der Waals surface area contributed by atoms with E-state index in [1.807, 2.05) is 6.07 Å². The number of hydrogen-bond donors (Lipinski definition) is 4. The number of benzene rings is 1. The molecular weight excluding hydrogens is 545 g/mol. The van der Waals surface area contributed by atoms with Crippen LogP contribution < -0.4 is 25.3 Å². The summed E-state index contributed by atoms with van der Waals surface area (Å²) in [4.78, 5) is 31.5. The minimum atomic E-state index is -2.54. The molecule has 5 N–H and O–H groups in total. The van der Waals surface area contributed by atoms with Crippen LogP contribution in [0.5, 0.6) is 11.5 Å². The lowest BCUT2D eigenvalue weighted by Gasteiger charge is -2.27. The molecule has 0 amide bonds. The van der Waals surface area contributed by atoms with E-state index in [1.54, 1.807) is 19.9 Å². The van der Waals surface area contributed by atoms with E-state index in [0.717, 1.165) is 0 Å². The molecule has 2 aromatic heterocycles. The summed E-state index contributed by atoms with van der Waals surface area (Å²) in [6.07, 6.45) is -0.158. The second-order valence-corrected chi connectivity index (χ2v) is 9.67. The Kier molecular flexibility index (Phi) is 8.79. The van der Waals surface area contributed by atoms with Gasteiger partial charge < -0.3 is 35.1 Å². The first-order valence-corrected chi connectivity index (χ1v) is 13.4. The molecule has 3 heterocycles. The number of anilines is 1. The van der Waals surface area contributed by atoms with Crippen molar-refractivity contribution in [2.45, 2.75) is 50.2 Å². The molecular formula is C24H28N7O8P. The highest BCUT2D eigenvalue weighted by Crippen LogP contribution is 2.44. The summed E-state index contributed by atoms with van der Waals surface area (Å²) in [6, 6.07) is 10.2. The van der Waals surface area contributed by atoms with Crippen LogP contribution in [-0.2, 0) is 19.9 Å². The first kappa shape index (κ1) is 29.1. The molecule has 40 heavy (non-hydrogen) atoms. The maximum Gasteiger partial charge on any atom is 0.412 e. The predicted octanol–water partition coefficient (Wildman–Crippen LogP) is 0.660. The van der Waals surface area contributed by atoms with Crippen LogP contribution in [0, 0.1) is 11.3 Å². The zero-order valence-electron chi connectivity index (χ0n) is 21.6. The molecule has 5 unspecified atom stereocenters. The number of nitriles is 1. The second kappa shape index (κ2) is 12.1. The van der Waals surface area contributed by atoms with Crippen LogP contribution in [0.3, 0.4) is 0 Å². The molecule has 212 valence electrons. The lowest BCUT2D eigenvalue weighted by molar-refractivity contribution is -0.229. The van der Waals surface area contributed by atoms with E-state index in [-0.39, 0.29) is 30.3 Å². The fourth-order valence-electron chi connectivity index (χ4n) is 4.13. The van der Waals surface area contributed by atoms with Gasteiger partial charge in [-0.05, 0) is 49.7 Å². The van der Waals surface area contributed by atoms with Gasteiger partial charge in [-0.15, -0.1) is 0 Å². The van der Waals surface area contributed by atoms with Gasteiger partial charge in [0.25, 0.3) is 0 Å². The van der Waals surface area contributed by atoms with Crippen LogP contribution in [-0.4, -0.2) is 61.9 Å². The highest BCUT2D eigenvalue weighted by atomic mass is 31.1. The molecule has 0 saturated carbocycles. The monoisotopic (exact) mass is 573 g/mol. The Labute approximate surface area is 229 Å². The summed E-state index contributed by atoms with van der Waals surface area (Å²) < 4.78 is 22.9. The van der Waals surface area contributed by atoms with Gasteiger partial charge in [-0.2, -0.15) is 15.8 Å². The summed E-state index contributed by atoms with van der Waals surface area (Å²) in [7, 11) is -2.54. The van der Waals surface area contributed by atoms with Gasteiger partial charge in [-0.3, -0.25) is 9.32 Å². The Bertz CT molecular complexity index is 1430. The summed E-state index contributed by atoms with van der Waals surface area (Å²) in [5.74, 6) is -1.86. The summed E-state index contributed by atoms with van der Waals surface area (Å²) >= 11 is 0. The van der Waals surface area contributed by atoms with E-state index in [1.165, 1.54) is 41.2 Å². The molecule has 4 rings (SSSR count). The number of esters is 1. The number of aliphatic hydroxyl groups is 2. The smallest absolute Gasteiger partial charge is 0.412 e. The molecule has 1 fully saturated rings. The van der Waals surface area contributed by atoms with Crippen LogP contribution in [0.4, 0.5) is 5.82 Å². The topological polar surface area (TPSA) is 222 Å². The SMILES string of the molecule is CCOC(=O)C(CC)N/N=[P+](\[O-])Oc1ccc(OCC2(O)CC(O)C(C#N)(c3ccc4c(N)ncnn34)O2)cc1. The van der Waals surface area contributed by atoms with E-state index in [4.69, 9.17) is 24.5 Å². The number of fused-ring (bicyclic) bond motifs is 1. The summed E-state index contributed by atoms with van der Waals surface area (Å²) in [5.41, 5.74) is 6.99. The quantitative estimate of drug-likeness (QED) is 0.141. The largest absolute Gasteiger partial charge is 0.574 e. The fraction of sp³-hybridized carbons (Fsp3) is 0.417. The normalized spacial score (nSPS) is 23.5. The molecule has 1 aliphatic heterocycles.